The smallest absolute Gasteiger partial charge is 0.0198 e. The molecule has 102 valence electrons. The zero-order valence-electron chi connectivity index (χ0n) is 13.2. The van der Waals surface area contributed by atoms with Crippen LogP contribution in [0.4, 0.5) is 0 Å². The highest BCUT2D eigenvalue weighted by Gasteiger charge is 2.35. The van der Waals surface area contributed by atoms with Crippen molar-refractivity contribution in [2.24, 2.45) is 5.41 Å². The van der Waals surface area contributed by atoms with E-state index in [0.717, 1.165) is 0 Å². The molecule has 2 heteroatoms. The topological polar surface area (TPSA) is 6.48 Å². The summed E-state index contributed by atoms with van der Waals surface area (Å²) in [5, 5.41) is 0. The molecule has 0 aromatic rings. The molecule has 0 spiro atoms. The van der Waals surface area contributed by atoms with Crippen molar-refractivity contribution in [2.75, 3.05) is 19.6 Å². The molecule has 1 saturated heterocycles. The molecule has 0 amide bonds. The third-order valence-electron chi connectivity index (χ3n) is 3.71. The first kappa shape index (κ1) is 15.0. The fraction of sp³-hybridized carbons (Fsp3) is 1.00. The van der Waals surface area contributed by atoms with Gasteiger partial charge in [0.15, 0.2) is 0 Å². The second kappa shape index (κ2) is 4.89. The standard InChI is InChI=1S/C15H32N2/c1-12-9-16(15(6,7)8)10-13(2)17(12)11-14(3,4)5/h12-13H,9-11H2,1-8H3. The fourth-order valence-corrected chi connectivity index (χ4v) is 2.76. The number of hydrogen-bond donors (Lipinski definition) is 0. The number of hydrogen-bond acceptors (Lipinski definition) is 2. The van der Waals surface area contributed by atoms with E-state index in [-0.39, 0.29) is 0 Å². The molecule has 0 aromatic carbocycles. The van der Waals surface area contributed by atoms with Gasteiger partial charge >= 0.3 is 0 Å². The third-order valence-corrected chi connectivity index (χ3v) is 3.71. The molecular formula is C15H32N2. The van der Waals surface area contributed by atoms with Crippen LogP contribution >= 0.6 is 0 Å². The van der Waals surface area contributed by atoms with Gasteiger partial charge < -0.3 is 0 Å². The van der Waals surface area contributed by atoms with Crippen molar-refractivity contribution in [3.63, 3.8) is 0 Å². The van der Waals surface area contributed by atoms with Gasteiger partial charge in [-0.25, -0.2) is 0 Å². The van der Waals surface area contributed by atoms with Gasteiger partial charge in [0, 0.05) is 37.3 Å². The first-order valence-corrected chi connectivity index (χ1v) is 7.01. The summed E-state index contributed by atoms with van der Waals surface area (Å²) in [5.41, 5.74) is 0.697. The molecule has 1 fully saturated rings. The Morgan fingerprint density at radius 1 is 0.882 bits per heavy atom. The predicted octanol–water partition coefficient (Wildman–Crippen LogP) is 3.23. The molecule has 1 heterocycles. The van der Waals surface area contributed by atoms with Crippen LogP contribution in [0.25, 0.3) is 0 Å². The molecule has 1 aliphatic rings. The van der Waals surface area contributed by atoms with E-state index < -0.39 is 0 Å². The molecule has 17 heavy (non-hydrogen) atoms. The lowest BCUT2D eigenvalue weighted by molar-refractivity contribution is -0.0196. The van der Waals surface area contributed by atoms with E-state index >= 15 is 0 Å². The first-order chi connectivity index (χ1) is 7.50. The highest BCUT2D eigenvalue weighted by Crippen LogP contribution is 2.26. The molecule has 2 nitrogen and oxygen atoms in total. The van der Waals surface area contributed by atoms with Crippen molar-refractivity contribution in [1.82, 2.24) is 9.80 Å². The Labute approximate surface area is 108 Å². The second-order valence-corrected chi connectivity index (χ2v) is 8.01. The summed E-state index contributed by atoms with van der Waals surface area (Å²) in [6.07, 6.45) is 0. The van der Waals surface area contributed by atoms with Crippen molar-refractivity contribution in [2.45, 2.75) is 73.0 Å². The predicted molar refractivity (Wildman–Crippen MR) is 76.4 cm³/mol. The molecule has 0 N–H and O–H groups in total. The lowest BCUT2D eigenvalue weighted by Crippen LogP contribution is -2.62. The van der Waals surface area contributed by atoms with Gasteiger partial charge in [-0.05, 0) is 40.0 Å². The van der Waals surface area contributed by atoms with Crippen LogP contribution in [-0.2, 0) is 0 Å². The van der Waals surface area contributed by atoms with Crippen LogP contribution in [0.15, 0.2) is 0 Å². The van der Waals surface area contributed by atoms with E-state index in [2.05, 4.69) is 65.2 Å². The van der Waals surface area contributed by atoms with Crippen molar-refractivity contribution >= 4 is 0 Å². The minimum absolute atomic E-state index is 0.302. The Bertz CT molecular complexity index is 235. The van der Waals surface area contributed by atoms with E-state index in [9.17, 15) is 0 Å². The largest absolute Gasteiger partial charge is 0.295 e. The Hall–Kier alpha value is -0.0800. The maximum atomic E-state index is 2.68. The summed E-state index contributed by atoms with van der Waals surface area (Å²) in [4.78, 5) is 5.31. The Morgan fingerprint density at radius 2 is 1.29 bits per heavy atom. The lowest BCUT2D eigenvalue weighted by atomic mass is 9.92. The van der Waals surface area contributed by atoms with Gasteiger partial charge in [-0.15, -0.1) is 0 Å². The maximum Gasteiger partial charge on any atom is 0.0198 e. The van der Waals surface area contributed by atoms with E-state index in [1.165, 1.54) is 19.6 Å². The summed E-state index contributed by atoms with van der Waals surface area (Å²) in [6, 6.07) is 1.33. The quantitative estimate of drug-likeness (QED) is 0.694. The summed E-state index contributed by atoms with van der Waals surface area (Å²) in [5.74, 6) is 0. The van der Waals surface area contributed by atoms with Gasteiger partial charge in [-0.2, -0.15) is 0 Å². The van der Waals surface area contributed by atoms with Gasteiger partial charge in [0.05, 0.1) is 0 Å². The number of piperazine rings is 1. The Kier molecular flexibility index (Phi) is 4.31. The van der Waals surface area contributed by atoms with Crippen LogP contribution in [0.2, 0.25) is 0 Å². The molecule has 1 rings (SSSR count). The third kappa shape index (κ3) is 4.26. The number of nitrogens with zero attached hydrogens (tertiary/aromatic N) is 2. The van der Waals surface area contributed by atoms with Crippen molar-refractivity contribution in [1.29, 1.82) is 0 Å². The average Bonchev–Trinajstić information content (AvgIpc) is 2.07. The Morgan fingerprint density at radius 3 is 1.59 bits per heavy atom. The van der Waals surface area contributed by atoms with Crippen LogP contribution in [0.3, 0.4) is 0 Å². The van der Waals surface area contributed by atoms with Gasteiger partial charge in [-0.1, -0.05) is 20.8 Å². The SMILES string of the molecule is CC1CN(C(C)(C)C)CC(C)N1CC(C)(C)C. The highest BCUT2D eigenvalue weighted by molar-refractivity contribution is 4.91. The summed E-state index contributed by atoms with van der Waals surface area (Å²) in [6.45, 7) is 22.3. The van der Waals surface area contributed by atoms with Crippen LogP contribution in [0.1, 0.15) is 55.4 Å². The molecule has 0 aliphatic carbocycles. The summed E-state index contributed by atoms with van der Waals surface area (Å²) in [7, 11) is 0. The molecule has 0 saturated carbocycles. The minimum Gasteiger partial charge on any atom is -0.295 e. The fourth-order valence-electron chi connectivity index (χ4n) is 2.76. The van der Waals surface area contributed by atoms with Gasteiger partial charge in [0.2, 0.25) is 0 Å². The van der Waals surface area contributed by atoms with E-state index in [1.807, 2.05) is 0 Å². The molecule has 0 bridgehead atoms. The van der Waals surface area contributed by atoms with Crippen LogP contribution in [0.5, 0.6) is 0 Å². The second-order valence-electron chi connectivity index (χ2n) is 8.01. The van der Waals surface area contributed by atoms with Crippen LogP contribution in [0, 0.1) is 5.41 Å². The lowest BCUT2D eigenvalue weighted by Gasteiger charge is -2.50. The summed E-state index contributed by atoms with van der Waals surface area (Å²) < 4.78 is 0. The summed E-state index contributed by atoms with van der Waals surface area (Å²) >= 11 is 0. The zero-order chi connectivity index (χ0) is 13.4. The maximum absolute atomic E-state index is 2.68. The van der Waals surface area contributed by atoms with E-state index in [1.54, 1.807) is 0 Å². The van der Waals surface area contributed by atoms with Gasteiger partial charge in [0.1, 0.15) is 0 Å². The number of rotatable bonds is 1. The van der Waals surface area contributed by atoms with Crippen molar-refractivity contribution < 1.29 is 0 Å². The molecule has 1 aliphatic heterocycles. The monoisotopic (exact) mass is 240 g/mol. The molecule has 2 atom stereocenters. The molecule has 0 aromatic heterocycles. The minimum atomic E-state index is 0.302. The van der Waals surface area contributed by atoms with E-state index in [0.29, 0.717) is 23.0 Å². The zero-order valence-corrected chi connectivity index (χ0v) is 13.2. The van der Waals surface area contributed by atoms with E-state index in [4.69, 9.17) is 0 Å². The van der Waals surface area contributed by atoms with Gasteiger partial charge in [0.25, 0.3) is 0 Å². The molecular weight excluding hydrogens is 208 g/mol. The van der Waals surface area contributed by atoms with Crippen LogP contribution < -0.4 is 0 Å². The first-order valence-electron chi connectivity index (χ1n) is 7.01. The highest BCUT2D eigenvalue weighted by atomic mass is 15.3. The molecule has 0 radical (unpaired) electrons. The van der Waals surface area contributed by atoms with Crippen LogP contribution in [-0.4, -0.2) is 47.1 Å². The van der Waals surface area contributed by atoms with Gasteiger partial charge in [-0.3, -0.25) is 9.80 Å². The van der Waals surface area contributed by atoms with Crippen molar-refractivity contribution in [3.05, 3.63) is 0 Å². The molecule has 2 unspecified atom stereocenters. The normalized spacial score (nSPS) is 29.6. The average molecular weight is 240 g/mol. The Balaban J connectivity index is 2.69. The van der Waals surface area contributed by atoms with Crippen molar-refractivity contribution in [3.8, 4) is 0 Å².